The molecule has 0 aliphatic carbocycles. The fourth-order valence-electron chi connectivity index (χ4n) is 2.18. The second-order valence-corrected chi connectivity index (χ2v) is 4.54. The lowest BCUT2D eigenvalue weighted by Gasteiger charge is -2.36. The molecular weight excluding hydrogens is 200 g/mol. The summed E-state index contributed by atoms with van der Waals surface area (Å²) in [5.41, 5.74) is 1.29. The van der Waals surface area contributed by atoms with E-state index in [1.165, 1.54) is 5.56 Å². The van der Waals surface area contributed by atoms with Crippen molar-refractivity contribution >= 4 is 5.82 Å². The molecular formula is C13H20N2O. The Morgan fingerprint density at radius 1 is 1.31 bits per heavy atom. The van der Waals surface area contributed by atoms with Crippen LogP contribution in [0.25, 0.3) is 0 Å². The molecule has 16 heavy (non-hydrogen) atoms. The summed E-state index contributed by atoms with van der Waals surface area (Å²) in [6.45, 7) is 8.24. The second kappa shape index (κ2) is 4.83. The molecule has 0 N–H and O–H groups in total. The molecule has 1 aromatic rings. The normalized spacial score (nSPS) is 25.8. The maximum atomic E-state index is 5.71. The monoisotopic (exact) mass is 220 g/mol. The third kappa shape index (κ3) is 2.53. The number of hydrogen-bond acceptors (Lipinski definition) is 3. The highest BCUT2D eigenvalue weighted by Crippen LogP contribution is 2.18. The lowest BCUT2D eigenvalue weighted by atomic mass is 10.2. The van der Waals surface area contributed by atoms with Gasteiger partial charge in [-0.2, -0.15) is 0 Å². The van der Waals surface area contributed by atoms with Crippen LogP contribution in [0.4, 0.5) is 5.82 Å². The van der Waals surface area contributed by atoms with Crippen LogP contribution in [0.2, 0.25) is 0 Å². The van der Waals surface area contributed by atoms with Crippen LogP contribution in [-0.4, -0.2) is 30.3 Å². The van der Waals surface area contributed by atoms with E-state index >= 15 is 0 Å². The third-order valence-corrected chi connectivity index (χ3v) is 2.96. The Morgan fingerprint density at radius 3 is 2.50 bits per heavy atom. The summed E-state index contributed by atoms with van der Waals surface area (Å²) in [7, 11) is 0. The summed E-state index contributed by atoms with van der Waals surface area (Å²) in [5.74, 6) is 1.07. The van der Waals surface area contributed by atoms with Crippen LogP contribution < -0.4 is 4.90 Å². The summed E-state index contributed by atoms with van der Waals surface area (Å²) in [4.78, 5) is 6.82. The Hall–Kier alpha value is -1.09. The first-order valence-electron chi connectivity index (χ1n) is 6.04. The summed E-state index contributed by atoms with van der Waals surface area (Å²) in [6.07, 6.45) is 3.59. The molecule has 0 amide bonds. The predicted octanol–water partition coefficient (Wildman–Crippen LogP) is 2.26. The molecule has 1 aromatic heterocycles. The summed E-state index contributed by atoms with van der Waals surface area (Å²) in [5, 5.41) is 0. The molecule has 2 rings (SSSR count). The number of pyridine rings is 1. The van der Waals surface area contributed by atoms with Crippen molar-refractivity contribution in [2.24, 2.45) is 0 Å². The van der Waals surface area contributed by atoms with Crippen molar-refractivity contribution in [1.82, 2.24) is 4.98 Å². The van der Waals surface area contributed by atoms with Gasteiger partial charge in [-0.1, -0.05) is 13.0 Å². The van der Waals surface area contributed by atoms with Crippen LogP contribution in [0.15, 0.2) is 18.3 Å². The molecule has 1 aliphatic heterocycles. The predicted molar refractivity (Wildman–Crippen MR) is 65.8 cm³/mol. The molecule has 0 bridgehead atoms. The topological polar surface area (TPSA) is 25.4 Å². The average Bonchev–Trinajstić information content (AvgIpc) is 2.28. The maximum absolute atomic E-state index is 5.71. The van der Waals surface area contributed by atoms with Crippen LogP contribution in [0.3, 0.4) is 0 Å². The highest BCUT2D eigenvalue weighted by molar-refractivity contribution is 5.40. The Labute approximate surface area is 97.4 Å². The minimum atomic E-state index is 0.288. The molecule has 1 fully saturated rings. The van der Waals surface area contributed by atoms with Crippen molar-refractivity contribution in [3.8, 4) is 0 Å². The van der Waals surface area contributed by atoms with Crippen molar-refractivity contribution in [2.45, 2.75) is 39.4 Å². The minimum absolute atomic E-state index is 0.288. The zero-order chi connectivity index (χ0) is 11.5. The van der Waals surface area contributed by atoms with Crippen LogP contribution in [0.1, 0.15) is 26.3 Å². The van der Waals surface area contributed by atoms with Crippen LogP contribution in [0, 0.1) is 0 Å². The van der Waals surface area contributed by atoms with Gasteiger partial charge in [-0.15, -0.1) is 0 Å². The lowest BCUT2D eigenvalue weighted by Crippen LogP contribution is -2.45. The van der Waals surface area contributed by atoms with E-state index in [0.29, 0.717) is 0 Å². The van der Waals surface area contributed by atoms with Crippen LogP contribution >= 0.6 is 0 Å². The molecule has 88 valence electrons. The molecule has 0 radical (unpaired) electrons. The van der Waals surface area contributed by atoms with Crippen LogP contribution in [0.5, 0.6) is 0 Å². The van der Waals surface area contributed by atoms with E-state index in [9.17, 15) is 0 Å². The first kappa shape index (κ1) is 11.4. The Kier molecular flexibility index (Phi) is 3.44. The summed E-state index contributed by atoms with van der Waals surface area (Å²) >= 11 is 0. The molecule has 0 saturated carbocycles. The maximum Gasteiger partial charge on any atom is 0.128 e. The number of nitrogens with zero attached hydrogens (tertiary/aromatic N) is 2. The van der Waals surface area contributed by atoms with Gasteiger partial charge in [0.2, 0.25) is 0 Å². The number of ether oxygens (including phenoxy) is 1. The zero-order valence-corrected chi connectivity index (χ0v) is 10.3. The lowest BCUT2D eigenvalue weighted by molar-refractivity contribution is -0.00545. The number of morpholine rings is 1. The zero-order valence-electron chi connectivity index (χ0n) is 10.3. The number of aryl methyl sites for hydroxylation is 1. The van der Waals surface area contributed by atoms with Crippen molar-refractivity contribution in [3.05, 3.63) is 23.9 Å². The van der Waals surface area contributed by atoms with Gasteiger partial charge in [0, 0.05) is 19.3 Å². The molecule has 1 aliphatic rings. The van der Waals surface area contributed by atoms with Gasteiger partial charge in [-0.3, -0.25) is 0 Å². The standard InChI is InChI=1S/C13H20N2O/c1-4-12-5-6-13(14-7-12)15-8-10(2)16-11(3)9-15/h5-7,10-11H,4,8-9H2,1-3H3. The van der Waals surface area contributed by atoms with E-state index in [2.05, 4.69) is 42.8 Å². The number of aromatic nitrogens is 1. The Morgan fingerprint density at radius 2 is 2.00 bits per heavy atom. The Bertz CT molecular complexity index is 326. The van der Waals surface area contributed by atoms with Crippen molar-refractivity contribution in [2.75, 3.05) is 18.0 Å². The smallest absolute Gasteiger partial charge is 0.128 e. The molecule has 2 atom stereocenters. The SMILES string of the molecule is CCc1ccc(N2CC(C)OC(C)C2)nc1. The van der Waals surface area contributed by atoms with E-state index in [1.54, 1.807) is 0 Å². The summed E-state index contributed by atoms with van der Waals surface area (Å²) in [6, 6.07) is 4.27. The van der Waals surface area contributed by atoms with Gasteiger partial charge < -0.3 is 9.64 Å². The number of hydrogen-bond donors (Lipinski definition) is 0. The van der Waals surface area contributed by atoms with E-state index in [-0.39, 0.29) is 12.2 Å². The molecule has 1 saturated heterocycles. The van der Waals surface area contributed by atoms with Crippen LogP contribution in [-0.2, 0) is 11.2 Å². The highest BCUT2D eigenvalue weighted by Gasteiger charge is 2.22. The van der Waals surface area contributed by atoms with Gasteiger partial charge in [0.1, 0.15) is 5.82 Å². The fraction of sp³-hybridized carbons (Fsp3) is 0.615. The number of rotatable bonds is 2. The Balaban J connectivity index is 2.10. The van der Waals surface area contributed by atoms with Gasteiger partial charge in [-0.05, 0) is 31.9 Å². The minimum Gasteiger partial charge on any atom is -0.372 e. The van der Waals surface area contributed by atoms with Gasteiger partial charge in [0.25, 0.3) is 0 Å². The second-order valence-electron chi connectivity index (χ2n) is 4.54. The van der Waals surface area contributed by atoms with Gasteiger partial charge >= 0.3 is 0 Å². The molecule has 2 heterocycles. The van der Waals surface area contributed by atoms with Gasteiger partial charge in [0.15, 0.2) is 0 Å². The average molecular weight is 220 g/mol. The van der Waals surface area contributed by atoms with E-state index in [0.717, 1.165) is 25.3 Å². The molecule has 3 nitrogen and oxygen atoms in total. The quantitative estimate of drug-likeness (QED) is 0.764. The largest absolute Gasteiger partial charge is 0.372 e. The summed E-state index contributed by atoms with van der Waals surface area (Å²) < 4.78 is 5.71. The molecule has 0 spiro atoms. The van der Waals surface area contributed by atoms with E-state index < -0.39 is 0 Å². The molecule has 0 aromatic carbocycles. The fourth-order valence-corrected chi connectivity index (χ4v) is 2.18. The van der Waals surface area contributed by atoms with Crippen molar-refractivity contribution < 1.29 is 4.74 Å². The first-order chi connectivity index (χ1) is 7.69. The van der Waals surface area contributed by atoms with Gasteiger partial charge in [-0.25, -0.2) is 4.98 Å². The van der Waals surface area contributed by atoms with Crippen molar-refractivity contribution in [1.29, 1.82) is 0 Å². The third-order valence-electron chi connectivity index (χ3n) is 2.96. The van der Waals surface area contributed by atoms with Crippen molar-refractivity contribution in [3.63, 3.8) is 0 Å². The molecule has 3 heteroatoms. The highest BCUT2D eigenvalue weighted by atomic mass is 16.5. The molecule has 2 unspecified atom stereocenters. The van der Waals surface area contributed by atoms with E-state index in [4.69, 9.17) is 4.74 Å². The first-order valence-corrected chi connectivity index (χ1v) is 6.04. The number of anilines is 1. The van der Waals surface area contributed by atoms with E-state index in [1.807, 2.05) is 6.20 Å². The van der Waals surface area contributed by atoms with Gasteiger partial charge in [0.05, 0.1) is 12.2 Å².